The number of hydrogen-bond donors (Lipinski definition) is 0. The second kappa shape index (κ2) is 4.81. The van der Waals surface area contributed by atoms with Gasteiger partial charge in [-0.15, -0.1) is 0 Å². The van der Waals surface area contributed by atoms with Crippen LogP contribution in [0.1, 0.15) is 52.9 Å². The van der Waals surface area contributed by atoms with E-state index < -0.39 is 0 Å². The van der Waals surface area contributed by atoms with E-state index in [1.54, 1.807) is 0 Å². The topological polar surface area (TPSA) is 26.3 Å². The molecule has 0 aromatic carbocycles. The van der Waals surface area contributed by atoms with Crippen molar-refractivity contribution in [2.75, 3.05) is 6.61 Å². The molecule has 0 radical (unpaired) electrons. The van der Waals surface area contributed by atoms with Gasteiger partial charge in [-0.25, -0.2) is 0 Å². The van der Waals surface area contributed by atoms with Crippen LogP contribution in [-0.4, -0.2) is 12.6 Å². The molecule has 0 saturated heterocycles. The number of esters is 1. The molecule has 0 aromatic heterocycles. The number of hydrogen-bond acceptors (Lipinski definition) is 2. The molecule has 2 heteroatoms. The summed E-state index contributed by atoms with van der Waals surface area (Å²) in [6, 6.07) is 0. The van der Waals surface area contributed by atoms with E-state index in [9.17, 15) is 4.79 Å². The Bertz CT molecular complexity index is 192. The maximum atomic E-state index is 11.7. The van der Waals surface area contributed by atoms with E-state index in [2.05, 4.69) is 6.92 Å². The van der Waals surface area contributed by atoms with Crippen LogP contribution >= 0.6 is 0 Å². The average molecular weight is 198 g/mol. The minimum atomic E-state index is -0.287. The maximum Gasteiger partial charge on any atom is 0.311 e. The first-order valence-corrected chi connectivity index (χ1v) is 5.73. The van der Waals surface area contributed by atoms with Gasteiger partial charge in [-0.1, -0.05) is 19.8 Å². The third-order valence-electron chi connectivity index (χ3n) is 2.85. The third-order valence-corrected chi connectivity index (χ3v) is 2.85. The summed E-state index contributed by atoms with van der Waals surface area (Å²) in [7, 11) is 0. The molecule has 82 valence electrons. The Morgan fingerprint density at radius 2 is 2.07 bits per heavy atom. The number of ether oxygens (including phenoxy) is 1. The van der Waals surface area contributed by atoms with Crippen molar-refractivity contribution in [1.82, 2.24) is 0 Å². The van der Waals surface area contributed by atoms with Crippen molar-refractivity contribution in [3.05, 3.63) is 0 Å². The van der Waals surface area contributed by atoms with Crippen LogP contribution in [0.25, 0.3) is 0 Å². The van der Waals surface area contributed by atoms with Gasteiger partial charge in [0, 0.05) is 0 Å². The van der Waals surface area contributed by atoms with Crippen LogP contribution in [-0.2, 0) is 9.53 Å². The molecule has 0 heterocycles. The van der Waals surface area contributed by atoms with Gasteiger partial charge in [-0.2, -0.15) is 0 Å². The van der Waals surface area contributed by atoms with Gasteiger partial charge in [-0.05, 0) is 39.0 Å². The molecule has 2 nitrogen and oxygen atoms in total. The van der Waals surface area contributed by atoms with E-state index in [-0.39, 0.29) is 11.4 Å². The highest BCUT2D eigenvalue weighted by Crippen LogP contribution is 2.31. The molecule has 0 N–H and O–H groups in total. The fraction of sp³-hybridized carbons (Fsp3) is 0.917. The lowest BCUT2D eigenvalue weighted by Gasteiger charge is -2.22. The van der Waals surface area contributed by atoms with Gasteiger partial charge in [0.1, 0.15) is 0 Å². The van der Waals surface area contributed by atoms with Crippen LogP contribution in [0, 0.1) is 11.3 Å². The highest BCUT2D eigenvalue weighted by Gasteiger charge is 2.30. The van der Waals surface area contributed by atoms with Gasteiger partial charge in [0.25, 0.3) is 0 Å². The van der Waals surface area contributed by atoms with Crippen LogP contribution in [0.5, 0.6) is 0 Å². The molecule has 1 aliphatic rings. The molecule has 0 amide bonds. The fourth-order valence-electron chi connectivity index (χ4n) is 1.39. The average Bonchev–Trinajstić information content (AvgIpc) is 2.94. The van der Waals surface area contributed by atoms with Crippen molar-refractivity contribution in [3.63, 3.8) is 0 Å². The lowest BCUT2D eigenvalue weighted by atomic mass is 9.87. The SMILES string of the molecule is CCCCC(C)(C)C(=O)OCC1CC1. The van der Waals surface area contributed by atoms with E-state index in [4.69, 9.17) is 4.74 Å². The number of carbonyl (C=O) groups excluding carboxylic acids is 1. The highest BCUT2D eigenvalue weighted by atomic mass is 16.5. The lowest BCUT2D eigenvalue weighted by molar-refractivity contribution is -0.154. The van der Waals surface area contributed by atoms with Crippen LogP contribution < -0.4 is 0 Å². The van der Waals surface area contributed by atoms with E-state index >= 15 is 0 Å². The predicted molar refractivity (Wildman–Crippen MR) is 57.0 cm³/mol. The lowest BCUT2D eigenvalue weighted by Crippen LogP contribution is -2.27. The predicted octanol–water partition coefficient (Wildman–Crippen LogP) is 3.16. The van der Waals surface area contributed by atoms with Gasteiger partial charge in [-0.3, -0.25) is 4.79 Å². The first-order chi connectivity index (χ1) is 6.56. The molecule has 0 aromatic rings. The summed E-state index contributed by atoms with van der Waals surface area (Å²) < 4.78 is 5.29. The number of unbranched alkanes of at least 4 members (excludes halogenated alkanes) is 1. The van der Waals surface area contributed by atoms with Gasteiger partial charge in [0.15, 0.2) is 0 Å². The number of rotatable bonds is 6. The Kier molecular flexibility index (Phi) is 3.97. The van der Waals surface area contributed by atoms with Crippen LogP contribution in [0.15, 0.2) is 0 Å². The molecule has 1 fully saturated rings. The summed E-state index contributed by atoms with van der Waals surface area (Å²) in [5.74, 6) is 0.652. The summed E-state index contributed by atoms with van der Waals surface area (Å²) >= 11 is 0. The van der Waals surface area contributed by atoms with Crippen LogP contribution in [0.2, 0.25) is 0 Å². The minimum absolute atomic E-state index is 0.0159. The molecule has 0 atom stereocenters. The van der Waals surface area contributed by atoms with E-state index in [1.807, 2.05) is 13.8 Å². The first kappa shape index (κ1) is 11.5. The quantitative estimate of drug-likeness (QED) is 0.613. The summed E-state index contributed by atoms with van der Waals surface area (Å²) in [6.45, 7) is 6.76. The van der Waals surface area contributed by atoms with Crippen LogP contribution in [0.3, 0.4) is 0 Å². The molecule has 1 rings (SSSR count). The second-order valence-electron chi connectivity index (χ2n) is 5.03. The molecule has 0 aliphatic heterocycles. The van der Waals surface area contributed by atoms with E-state index in [0.29, 0.717) is 12.5 Å². The largest absolute Gasteiger partial charge is 0.465 e. The molecule has 0 spiro atoms. The van der Waals surface area contributed by atoms with Crippen LogP contribution in [0.4, 0.5) is 0 Å². The van der Waals surface area contributed by atoms with Crippen molar-refractivity contribution in [2.45, 2.75) is 52.9 Å². The Labute approximate surface area is 87.0 Å². The summed E-state index contributed by atoms with van der Waals surface area (Å²) in [5.41, 5.74) is -0.287. The standard InChI is InChI=1S/C12H22O2/c1-4-5-8-12(2,3)11(13)14-9-10-6-7-10/h10H,4-9H2,1-3H3. The first-order valence-electron chi connectivity index (χ1n) is 5.73. The molecule has 14 heavy (non-hydrogen) atoms. The molecule has 0 bridgehead atoms. The van der Waals surface area contributed by atoms with Crippen molar-refractivity contribution in [3.8, 4) is 0 Å². The Morgan fingerprint density at radius 1 is 1.43 bits per heavy atom. The van der Waals surface area contributed by atoms with Crippen molar-refractivity contribution in [1.29, 1.82) is 0 Å². The summed E-state index contributed by atoms with van der Waals surface area (Å²) in [5, 5.41) is 0. The Balaban J connectivity index is 2.24. The Morgan fingerprint density at radius 3 is 2.57 bits per heavy atom. The maximum absolute atomic E-state index is 11.7. The van der Waals surface area contributed by atoms with E-state index in [1.165, 1.54) is 12.8 Å². The van der Waals surface area contributed by atoms with Gasteiger partial charge in [0.05, 0.1) is 12.0 Å². The van der Waals surface area contributed by atoms with E-state index in [0.717, 1.165) is 19.3 Å². The van der Waals surface area contributed by atoms with Crippen molar-refractivity contribution < 1.29 is 9.53 Å². The molecular weight excluding hydrogens is 176 g/mol. The number of carbonyl (C=O) groups is 1. The normalized spacial score (nSPS) is 16.8. The molecule has 1 aliphatic carbocycles. The molecular formula is C12H22O2. The van der Waals surface area contributed by atoms with Crippen molar-refractivity contribution in [2.24, 2.45) is 11.3 Å². The summed E-state index contributed by atoms with van der Waals surface area (Å²) in [4.78, 5) is 11.7. The zero-order chi connectivity index (χ0) is 10.6. The Hall–Kier alpha value is -0.530. The highest BCUT2D eigenvalue weighted by molar-refractivity contribution is 5.75. The smallest absolute Gasteiger partial charge is 0.311 e. The fourth-order valence-corrected chi connectivity index (χ4v) is 1.39. The minimum Gasteiger partial charge on any atom is -0.465 e. The van der Waals surface area contributed by atoms with Crippen molar-refractivity contribution >= 4 is 5.97 Å². The van der Waals surface area contributed by atoms with Gasteiger partial charge >= 0.3 is 5.97 Å². The van der Waals surface area contributed by atoms with Gasteiger partial charge in [0.2, 0.25) is 0 Å². The zero-order valence-corrected chi connectivity index (χ0v) is 9.64. The summed E-state index contributed by atoms with van der Waals surface area (Å²) in [6.07, 6.45) is 5.66. The zero-order valence-electron chi connectivity index (χ0n) is 9.64. The molecule has 1 saturated carbocycles. The second-order valence-corrected chi connectivity index (χ2v) is 5.03. The monoisotopic (exact) mass is 198 g/mol. The third kappa shape index (κ3) is 3.69. The molecule has 0 unspecified atom stereocenters. The van der Waals surface area contributed by atoms with Gasteiger partial charge < -0.3 is 4.74 Å².